The molecule has 4 rings (SSSR count). The molecule has 32 heavy (non-hydrogen) atoms. The van der Waals surface area contributed by atoms with Crippen molar-refractivity contribution in [2.45, 2.75) is 26.9 Å². The van der Waals surface area contributed by atoms with Crippen molar-refractivity contribution in [3.63, 3.8) is 0 Å². The molecule has 2 N–H and O–H groups in total. The van der Waals surface area contributed by atoms with Gasteiger partial charge in [-0.3, -0.25) is 14.1 Å². The Bertz CT molecular complexity index is 1420. The Morgan fingerprint density at radius 2 is 1.88 bits per heavy atom. The smallest absolute Gasteiger partial charge is 0.331 e. The van der Waals surface area contributed by atoms with Crippen LogP contribution < -0.4 is 16.2 Å². The first-order valence-corrected chi connectivity index (χ1v) is 9.94. The van der Waals surface area contributed by atoms with Crippen LogP contribution in [0.15, 0.2) is 29.2 Å². The van der Waals surface area contributed by atoms with Crippen LogP contribution in [0.1, 0.15) is 22.4 Å². The second kappa shape index (κ2) is 8.19. The highest BCUT2D eigenvalue weighted by Crippen LogP contribution is 2.26. The van der Waals surface area contributed by atoms with Gasteiger partial charge in [-0.15, -0.1) is 0 Å². The van der Waals surface area contributed by atoms with E-state index in [9.17, 15) is 13.6 Å². The minimum atomic E-state index is -1.02. The fourth-order valence-corrected chi connectivity index (χ4v) is 3.95. The lowest BCUT2D eigenvalue weighted by molar-refractivity contribution is 0.406. The SMILES string of the molecule is COc1c(C)cnc(Cn2c(=O)n(Cc3ccc(F)c(F)c3)c3c(Cl)nc(N)nc32)c1C. The summed E-state index contributed by atoms with van der Waals surface area (Å²) in [6, 6.07) is 3.40. The number of imidazole rings is 1. The summed E-state index contributed by atoms with van der Waals surface area (Å²) in [4.78, 5) is 26.0. The lowest BCUT2D eigenvalue weighted by Crippen LogP contribution is -2.26. The zero-order valence-electron chi connectivity index (χ0n) is 17.5. The molecule has 0 aliphatic heterocycles. The highest BCUT2D eigenvalue weighted by Gasteiger charge is 2.21. The average molecular weight is 461 g/mol. The summed E-state index contributed by atoms with van der Waals surface area (Å²) in [6.45, 7) is 3.71. The molecule has 8 nitrogen and oxygen atoms in total. The molecule has 0 aliphatic rings. The first-order chi connectivity index (χ1) is 15.2. The van der Waals surface area contributed by atoms with Crippen molar-refractivity contribution in [3.05, 3.63) is 74.1 Å². The summed E-state index contributed by atoms with van der Waals surface area (Å²) in [7, 11) is 1.56. The van der Waals surface area contributed by atoms with Gasteiger partial charge in [0.25, 0.3) is 0 Å². The van der Waals surface area contributed by atoms with Crippen LogP contribution in [0.4, 0.5) is 14.7 Å². The Morgan fingerprint density at radius 1 is 1.12 bits per heavy atom. The van der Waals surface area contributed by atoms with Gasteiger partial charge in [0.1, 0.15) is 11.3 Å². The number of hydrogen-bond acceptors (Lipinski definition) is 6. The Labute approximate surface area is 186 Å². The van der Waals surface area contributed by atoms with Gasteiger partial charge in [0.2, 0.25) is 5.95 Å². The molecule has 0 radical (unpaired) electrons. The second-order valence-corrected chi connectivity index (χ2v) is 7.65. The summed E-state index contributed by atoms with van der Waals surface area (Å²) in [6.07, 6.45) is 1.66. The number of nitrogens with zero attached hydrogens (tertiary/aromatic N) is 5. The summed E-state index contributed by atoms with van der Waals surface area (Å²) >= 11 is 6.30. The molecule has 0 fully saturated rings. The predicted octanol–water partition coefficient (Wildman–Crippen LogP) is 3.22. The fourth-order valence-electron chi connectivity index (χ4n) is 3.67. The molecule has 1 aromatic carbocycles. The highest BCUT2D eigenvalue weighted by atomic mass is 35.5. The number of pyridine rings is 1. The predicted molar refractivity (Wildman–Crippen MR) is 116 cm³/mol. The van der Waals surface area contributed by atoms with E-state index in [1.54, 1.807) is 13.3 Å². The summed E-state index contributed by atoms with van der Waals surface area (Å²) in [5.41, 5.74) is 8.31. The molecule has 0 spiro atoms. The standard InChI is InChI=1S/C21H19ClF2N6O2/c1-10-7-26-15(11(2)17(10)32-3)9-30-19-16(18(22)27-20(25)28-19)29(21(30)31)8-12-4-5-13(23)14(24)6-12/h4-7H,8-9H2,1-3H3,(H2,25,27,28). The summed E-state index contributed by atoms with van der Waals surface area (Å²) in [5, 5.41) is -0.0305. The molecule has 0 aliphatic carbocycles. The van der Waals surface area contributed by atoms with Gasteiger partial charge in [-0.2, -0.15) is 9.97 Å². The van der Waals surface area contributed by atoms with Gasteiger partial charge >= 0.3 is 5.69 Å². The average Bonchev–Trinajstić information content (AvgIpc) is 2.98. The Hall–Kier alpha value is -3.53. The van der Waals surface area contributed by atoms with Gasteiger partial charge in [-0.25, -0.2) is 13.6 Å². The first-order valence-electron chi connectivity index (χ1n) is 9.56. The number of aromatic nitrogens is 5. The van der Waals surface area contributed by atoms with E-state index in [0.29, 0.717) is 17.0 Å². The van der Waals surface area contributed by atoms with Gasteiger partial charge in [-0.1, -0.05) is 17.7 Å². The van der Waals surface area contributed by atoms with E-state index >= 15 is 0 Å². The molecule has 3 aromatic heterocycles. The van der Waals surface area contributed by atoms with E-state index in [1.807, 2.05) is 13.8 Å². The number of nitrogen functional groups attached to an aromatic ring is 1. The number of fused-ring (bicyclic) bond motifs is 1. The van der Waals surface area contributed by atoms with Gasteiger partial charge in [0.15, 0.2) is 22.4 Å². The molecule has 3 heterocycles. The van der Waals surface area contributed by atoms with Gasteiger partial charge in [0, 0.05) is 17.3 Å². The largest absolute Gasteiger partial charge is 0.496 e. The zero-order valence-corrected chi connectivity index (χ0v) is 18.2. The number of nitrogens with two attached hydrogens (primary N) is 1. The molecule has 0 saturated carbocycles. The molecule has 0 bridgehead atoms. The van der Waals surface area contributed by atoms with E-state index in [2.05, 4.69) is 15.0 Å². The van der Waals surface area contributed by atoms with Gasteiger partial charge in [0.05, 0.1) is 25.9 Å². The monoisotopic (exact) mass is 460 g/mol. The molecule has 11 heteroatoms. The number of methoxy groups -OCH3 is 1. The summed E-state index contributed by atoms with van der Waals surface area (Å²) in [5.74, 6) is -1.43. The first kappa shape index (κ1) is 21.7. The Morgan fingerprint density at radius 3 is 2.56 bits per heavy atom. The number of anilines is 1. The topological polar surface area (TPSA) is 101 Å². The van der Waals surface area contributed by atoms with E-state index in [0.717, 1.165) is 23.3 Å². The fraction of sp³-hybridized carbons (Fsp3) is 0.238. The number of hydrogen-bond donors (Lipinski definition) is 1. The lowest BCUT2D eigenvalue weighted by Gasteiger charge is -2.12. The van der Waals surface area contributed by atoms with E-state index in [4.69, 9.17) is 22.1 Å². The molecule has 0 saturated heterocycles. The second-order valence-electron chi connectivity index (χ2n) is 7.29. The maximum absolute atomic E-state index is 13.7. The number of aryl methyl sites for hydroxylation is 1. The third kappa shape index (κ3) is 3.66. The van der Waals surface area contributed by atoms with Crippen LogP contribution in [0.3, 0.4) is 0 Å². The molecular weight excluding hydrogens is 442 g/mol. The maximum Gasteiger partial charge on any atom is 0.331 e. The molecule has 0 amide bonds. The normalized spacial score (nSPS) is 11.3. The van der Waals surface area contributed by atoms with Crippen molar-refractivity contribution >= 4 is 28.7 Å². The molecular formula is C21H19ClF2N6O2. The van der Waals surface area contributed by atoms with Crippen molar-refractivity contribution in [2.75, 3.05) is 12.8 Å². The Balaban J connectivity index is 1.90. The van der Waals surface area contributed by atoms with Crippen LogP contribution in [0.5, 0.6) is 5.75 Å². The minimum absolute atomic E-state index is 0.0305. The summed E-state index contributed by atoms with van der Waals surface area (Å²) < 4.78 is 35.2. The molecule has 4 aromatic rings. The van der Waals surface area contributed by atoms with Crippen molar-refractivity contribution in [2.24, 2.45) is 0 Å². The molecule has 0 unspecified atom stereocenters. The van der Waals surface area contributed by atoms with Crippen LogP contribution in [-0.2, 0) is 13.1 Å². The number of benzene rings is 1. The molecule has 166 valence electrons. The van der Waals surface area contributed by atoms with Gasteiger partial charge < -0.3 is 10.5 Å². The van der Waals surface area contributed by atoms with Crippen molar-refractivity contribution < 1.29 is 13.5 Å². The number of ether oxygens (including phenoxy) is 1. The van der Waals surface area contributed by atoms with Crippen LogP contribution >= 0.6 is 11.6 Å². The number of rotatable bonds is 5. The van der Waals surface area contributed by atoms with Gasteiger partial charge in [-0.05, 0) is 31.5 Å². The maximum atomic E-state index is 13.7. The van der Waals surface area contributed by atoms with Crippen LogP contribution in [0.25, 0.3) is 11.2 Å². The quantitative estimate of drug-likeness (QED) is 0.459. The number of halogens is 3. The molecule has 0 atom stereocenters. The zero-order chi connectivity index (χ0) is 23.2. The lowest BCUT2D eigenvalue weighted by atomic mass is 10.1. The van der Waals surface area contributed by atoms with Crippen molar-refractivity contribution in [1.29, 1.82) is 0 Å². The Kier molecular flexibility index (Phi) is 5.55. The van der Waals surface area contributed by atoms with E-state index in [-0.39, 0.29) is 35.4 Å². The van der Waals surface area contributed by atoms with E-state index in [1.165, 1.54) is 15.2 Å². The van der Waals surface area contributed by atoms with Crippen LogP contribution in [-0.4, -0.2) is 31.2 Å². The van der Waals surface area contributed by atoms with Crippen molar-refractivity contribution in [3.8, 4) is 5.75 Å². The van der Waals surface area contributed by atoms with E-state index < -0.39 is 17.3 Å². The highest BCUT2D eigenvalue weighted by molar-refractivity contribution is 6.33. The minimum Gasteiger partial charge on any atom is -0.496 e. The van der Waals surface area contributed by atoms with Crippen LogP contribution in [0, 0.1) is 25.5 Å². The van der Waals surface area contributed by atoms with Crippen LogP contribution in [0.2, 0.25) is 5.15 Å². The van der Waals surface area contributed by atoms with Crippen molar-refractivity contribution in [1.82, 2.24) is 24.1 Å². The third-order valence-corrected chi connectivity index (χ3v) is 5.47. The third-order valence-electron chi connectivity index (χ3n) is 5.21.